The molecule has 3 rings (SSSR count). The molecule has 0 aromatic heterocycles. The van der Waals surface area contributed by atoms with Crippen LogP contribution in [0.25, 0.3) is 0 Å². The van der Waals surface area contributed by atoms with Crippen molar-refractivity contribution in [2.45, 2.75) is 19.5 Å². The number of ether oxygens (including phenoxy) is 1. The summed E-state index contributed by atoms with van der Waals surface area (Å²) in [6.07, 6.45) is 1.20. The number of aromatic carboxylic acids is 1. The number of carbonyl (C=O) groups is 2. The van der Waals surface area contributed by atoms with E-state index in [9.17, 15) is 18.0 Å². The van der Waals surface area contributed by atoms with Crippen LogP contribution in [0.3, 0.4) is 0 Å². The number of carboxylic acid groups (broad SMARTS) is 1. The summed E-state index contributed by atoms with van der Waals surface area (Å²) in [6, 6.07) is 9.19. The summed E-state index contributed by atoms with van der Waals surface area (Å²) >= 11 is 12.2. The number of benzene rings is 2. The maximum absolute atomic E-state index is 12.9. The molecule has 11 heteroatoms. The second kappa shape index (κ2) is 9.27. The quantitative estimate of drug-likeness (QED) is 0.606. The molecule has 2 aromatic carbocycles. The van der Waals surface area contributed by atoms with Gasteiger partial charge in [0.2, 0.25) is 0 Å². The average Bonchev–Trinajstić information content (AvgIpc) is 2.69. The van der Waals surface area contributed by atoms with E-state index in [1.165, 1.54) is 48.7 Å². The largest absolute Gasteiger partial charge is 0.478 e. The SMILES string of the molecule is CCOC(=O)C1=CN(Cc2ccc(C(=O)O)cc2)S(=O)(=O)NC1c1ccc(Cl)cc1Cl. The smallest absolute Gasteiger partial charge is 0.337 e. The maximum atomic E-state index is 12.9. The molecular formula is C20H18Cl2N2O6S. The molecule has 164 valence electrons. The monoisotopic (exact) mass is 484 g/mol. The van der Waals surface area contributed by atoms with Crippen molar-refractivity contribution in [3.63, 3.8) is 0 Å². The summed E-state index contributed by atoms with van der Waals surface area (Å²) in [5.41, 5.74) is 0.990. The lowest BCUT2D eigenvalue weighted by molar-refractivity contribution is -0.139. The molecule has 0 spiro atoms. The second-order valence-electron chi connectivity index (χ2n) is 6.57. The lowest BCUT2D eigenvalue weighted by atomic mass is 10.00. The van der Waals surface area contributed by atoms with Gasteiger partial charge in [0.1, 0.15) is 0 Å². The van der Waals surface area contributed by atoms with Crippen LogP contribution in [0.15, 0.2) is 54.2 Å². The molecule has 1 atom stereocenters. The molecule has 0 amide bonds. The number of rotatable bonds is 6. The van der Waals surface area contributed by atoms with Crippen molar-refractivity contribution in [3.05, 3.63) is 81.0 Å². The molecule has 1 aliphatic rings. The van der Waals surface area contributed by atoms with Gasteiger partial charge in [0.05, 0.1) is 30.3 Å². The summed E-state index contributed by atoms with van der Waals surface area (Å²) in [4.78, 5) is 23.6. The van der Waals surface area contributed by atoms with Gasteiger partial charge in [0.15, 0.2) is 0 Å². The number of nitrogens with zero attached hydrogens (tertiary/aromatic N) is 1. The molecule has 1 aliphatic heterocycles. The first kappa shape index (κ1) is 23.1. The van der Waals surface area contributed by atoms with Crippen LogP contribution in [-0.2, 0) is 26.3 Å². The van der Waals surface area contributed by atoms with E-state index < -0.39 is 28.2 Å². The van der Waals surface area contributed by atoms with Gasteiger partial charge >= 0.3 is 22.1 Å². The van der Waals surface area contributed by atoms with Crippen LogP contribution < -0.4 is 4.72 Å². The maximum Gasteiger partial charge on any atom is 0.337 e. The molecule has 0 saturated carbocycles. The van der Waals surface area contributed by atoms with Gasteiger partial charge in [-0.3, -0.25) is 4.31 Å². The molecule has 0 saturated heterocycles. The van der Waals surface area contributed by atoms with Crippen molar-refractivity contribution < 1.29 is 27.9 Å². The standard InChI is InChI=1S/C20H18Cl2N2O6S/c1-2-30-20(27)16-11-24(10-12-3-5-13(6-4-12)19(25)26)31(28,29)23-18(16)15-8-7-14(21)9-17(15)22/h3-9,11,18,23H,2,10H2,1H3,(H,25,26). The summed E-state index contributed by atoms with van der Waals surface area (Å²) in [5.74, 6) is -1.79. The highest BCUT2D eigenvalue weighted by atomic mass is 35.5. The first-order valence-electron chi connectivity index (χ1n) is 9.07. The van der Waals surface area contributed by atoms with Gasteiger partial charge in [0.25, 0.3) is 0 Å². The van der Waals surface area contributed by atoms with Crippen LogP contribution in [-0.4, -0.2) is 36.4 Å². The van der Waals surface area contributed by atoms with Gasteiger partial charge in [-0.1, -0.05) is 41.4 Å². The van der Waals surface area contributed by atoms with Crippen molar-refractivity contribution in [1.82, 2.24) is 9.03 Å². The molecule has 0 aliphatic carbocycles. The average molecular weight is 485 g/mol. The zero-order chi connectivity index (χ0) is 22.8. The minimum Gasteiger partial charge on any atom is -0.478 e. The number of esters is 1. The van der Waals surface area contributed by atoms with Crippen LogP contribution in [0.5, 0.6) is 0 Å². The zero-order valence-electron chi connectivity index (χ0n) is 16.2. The topological polar surface area (TPSA) is 113 Å². The predicted molar refractivity (Wildman–Crippen MR) is 115 cm³/mol. The summed E-state index contributed by atoms with van der Waals surface area (Å²) in [6.45, 7) is 1.61. The fraction of sp³-hybridized carbons (Fsp3) is 0.200. The molecule has 2 N–H and O–H groups in total. The lowest BCUT2D eigenvalue weighted by Gasteiger charge is -2.32. The Morgan fingerprint density at radius 3 is 2.42 bits per heavy atom. The summed E-state index contributed by atoms with van der Waals surface area (Å²) in [5, 5.41) is 9.56. The van der Waals surface area contributed by atoms with E-state index in [2.05, 4.69) is 4.72 Å². The number of carboxylic acids is 1. The van der Waals surface area contributed by atoms with E-state index in [0.29, 0.717) is 16.1 Å². The van der Waals surface area contributed by atoms with Crippen LogP contribution in [0.4, 0.5) is 0 Å². The van der Waals surface area contributed by atoms with Gasteiger partial charge < -0.3 is 9.84 Å². The second-order valence-corrected chi connectivity index (χ2v) is 9.07. The molecule has 31 heavy (non-hydrogen) atoms. The third-order valence-electron chi connectivity index (χ3n) is 4.49. The first-order chi connectivity index (χ1) is 14.6. The predicted octanol–water partition coefficient (Wildman–Crippen LogP) is 3.53. The van der Waals surface area contributed by atoms with Crippen molar-refractivity contribution in [2.75, 3.05) is 6.61 Å². The van der Waals surface area contributed by atoms with E-state index in [1.807, 2.05) is 0 Å². The Kier molecular flexibility index (Phi) is 6.90. The van der Waals surface area contributed by atoms with Crippen LogP contribution >= 0.6 is 23.2 Å². The van der Waals surface area contributed by atoms with Gasteiger partial charge in [-0.15, -0.1) is 0 Å². The molecule has 0 radical (unpaired) electrons. The Morgan fingerprint density at radius 1 is 1.16 bits per heavy atom. The number of halogens is 2. The van der Waals surface area contributed by atoms with Crippen molar-refractivity contribution >= 4 is 45.3 Å². The highest BCUT2D eigenvalue weighted by Crippen LogP contribution is 2.35. The Bertz CT molecular complexity index is 1150. The van der Waals surface area contributed by atoms with Gasteiger partial charge in [-0.05, 0) is 42.3 Å². The minimum atomic E-state index is -4.06. The van der Waals surface area contributed by atoms with Crippen molar-refractivity contribution in [2.24, 2.45) is 0 Å². The molecule has 8 nitrogen and oxygen atoms in total. The number of nitrogens with one attached hydrogen (secondary N) is 1. The highest BCUT2D eigenvalue weighted by Gasteiger charge is 2.37. The Morgan fingerprint density at radius 2 is 1.84 bits per heavy atom. The molecule has 0 fully saturated rings. The zero-order valence-corrected chi connectivity index (χ0v) is 18.5. The van der Waals surface area contributed by atoms with Crippen LogP contribution in [0.2, 0.25) is 10.0 Å². The Hall–Kier alpha value is -2.59. The van der Waals surface area contributed by atoms with E-state index >= 15 is 0 Å². The van der Waals surface area contributed by atoms with Gasteiger partial charge in [-0.25, -0.2) is 9.59 Å². The molecule has 1 unspecified atom stereocenters. The van der Waals surface area contributed by atoms with Crippen LogP contribution in [0.1, 0.15) is 34.5 Å². The summed E-state index contributed by atoms with van der Waals surface area (Å²) < 4.78 is 34.3. The van der Waals surface area contributed by atoms with E-state index in [0.717, 1.165) is 4.31 Å². The van der Waals surface area contributed by atoms with Gasteiger partial charge in [0, 0.05) is 16.2 Å². The fourth-order valence-electron chi connectivity index (χ4n) is 2.99. The Balaban J connectivity index is 2.01. The fourth-order valence-corrected chi connectivity index (χ4v) is 4.77. The Labute approximate surface area is 189 Å². The summed E-state index contributed by atoms with van der Waals surface area (Å²) in [7, 11) is -4.06. The van der Waals surface area contributed by atoms with Crippen molar-refractivity contribution in [1.29, 1.82) is 0 Å². The lowest BCUT2D eigenvalue weighted by Crippen LogP contribution is -2.45. The number of carbonyl (C=O) groups excluding carboxylic acids is 1. The highest BCUT2D eigenvalue weighted by molar-refractivity contribution is 7.87. The molecule has 2 aromatic rings. The molecule has 1 heterocycles. The third kappa shape index (κ3) is 5.19. The van der Waals surface area contributed by atoms with Crippen LogP contribution in [0, 0.1) is 0 Å². The van der Waals surface area contributed by atoms with Gasteiger partial charge in [-0.2, -0.15) is 13.1 Å². The molecular weight excluding hydrogens is 467 g/mol. The van der Waals surface area contributed by atoms with E-state index in [4.69, 9.17) is 33.0 Å². The number of hydrogen-bond acceptors (Lipinski definition) is 5. The first-order valence-corrected chi connectivity index (χ1v) is 11.3. The molecule has 0 bridgehead atoms. The van der Waals surface area contributed by atoms with E-state index in [1.54, 1.807) is 6.92 Å². The normalized spacial score (nSPS) is 17.7. The van der Waals surface area contributed by atoms with E-state index in [-0.39, 0.29) is 29.3 Å². The number of hydrogen-bond donors (Lipinski definition) is 2. The van der Waals surface area contributed by atoms with Crippen molar-refractivity contribution in [3.8, 4) is 0 Å². The minimum absolute atomic E-state index is 0.0445. The third-order valence-corrected chi connectivity index (χ3v) is 6.44.